The van der Waals surface area contributed by atoms with Crippen molar-refractivity contribution in [2.75, 3.05) is 11.5 Å². The largest absolute Gasteiger partial charge is 0.398 e. The molecule has 1 aromatic carbocycles. The SMILES string of the molecule is NC(=S)N/N=C(\c1nnc(N)s1)c1ccccc1N. The minimum atomic E-state index is 0.0458. The Balaban J connectivity index is 2.49. The van der Waals surface area contributed by atoms with Gasteiger partial charge in [-0.05, 0) is 18.3 Å². The van der Waals surface area contributed by atoms with Gasteiger partial charge in [0.05, 0.1) is 0 Å². The molecule has 0 fully saturated rings. The van der Waals surface area contributed by atoms with Crippen LogP contribution >= 0.6 is 23.6 Å². The normalized spacial score (nSPS) is 11.3. The minimum Gasteiger partial charge on any atom is -0.398 e. The van der Waals surface area contributed by atoms with E-state index in [1.165, 1.54) is 11.3 Å². The third kappa shape index (κ3) is 3.14. The van der Waals surface area contributed by atoms with Gasteiger partial charge in [-0.25, -0.2) is 0 Å². The van der Waals surface area contributed by atoms with Gasteiger partial charge in [0.25, 0.3) is 0 Å². The van der Waals surface area contributed by atoms with Crippen LogP contribution in [0.4, 0.5) is 10.8 Å². The predicted molar refractivity (Wildman–Crippen MR) is 80.7 cm³/mol. The van der Waals surface area contributed by atoms with E-state index in [1.54, 1.807) is 6.07 Å². The standard InChI is InChI=1S/C10H11N7S2/c11-6-4-2-1-3-5(6)7(14-16-9(12)18)8-15-17-10(13)19-8/h1-4H,11H2,(H2,13,17)(H3,12,16,18)/b14-7-. The molecule has 7 N–H and O–H groups in total. The lowest BCUT2D eigenvalue weighted by Crippen LogP contribution is -2.26. The second-order valence-electron chi connectivity index (χ2n) is 3.47. The predicted octanol–water partition coefficient (Wildman–Crippen LogP) is 0.288. The molecule has 1 aromatic heterocycles. The quantitative estimate of drug-likeness (QED) is 0.277. The van der Waals surface area contributed by atoms with Crippen molar-refractivity contribution in [3.05, 3.63) is 34.8 Å². The second-order valence-corrected chi connectivity index (χ2v) is 4.92. The van der Waals surface area contributed by atoms with Crippen LogP contribution in [0.1, 0.15) is 10.6 Å². The van der Waals surface area contributed by atoms with E-state index in [9.17, 15) is 0 Å². The molecule has 0 aliphatic heterocycles. The van der Waals surface area contributed by atoms with Crippen LogP contribution in [0.15, 0.2) is 29.4 Å². The third-order valence-electron chi connectivity index (χ3n) is 2.14. The van der Waals surface area contributed by atoms with Crippen molar-refractivity contribution in [3.63, 3.8) is 0 Å². The van der Waals surface area contributed by atoms with Crippen molar-refractivity contribution in [1.29, 1.82) is 0 Å². The maximum atomic E-state index is 5.92. The highest BCUT2D eigenvalue weighted by Gasteiger charge is 2.15. The molecule has 2 aromatic rings. The van der Waals surface area contributed by atoms with Crippen LogP contribution in [0.3, 0.4) is 0 Å². The lowest BCUT2D eigenvalue weighted by atomic mass is 10.1. The number of nitrogen functional groups attached to an aromatic ring is 2. The van der Waals surface area contributed by atoms with E-state index >= 15 is 0 Å². The monoisotopic (exact) mass is 293 g/mol. The fourth-order valence-electron chi connectivity index (χ4n) is 1.38. The number of para-hydroxylation sites is 1. The Morgan fingerprint density at radius 1 is 1.26 bits per heavy atom. The Morgan fingerprint density at radius 2 is 2.00 bits per heavy atom. The summed E-state index contributed by atoms with van der Waals surface area (Å²) in [6, 6.07) is 7.24. The van der Waals surface area contributed by atoms with Crippen LogP contribution in [0.25, 0.3) is 0 Å². The van der Waals surface area contributed by atoms with Crippen molar-refractivity contribution < 1.29 is 0 Å². The van der Waals surface area contributed by atoms with E-state index in [2.05, 4.69) is 20.7 Å². The zero-order valence-electron chi connectivity index (χ0n) is 9.70. The Morgan fingerprint density at radius 3 is 2.58 bits per heavy atom. The summed E-state index contributed by atoms with van der Waals surface area (Å²) in [5.74, 6) is 0. The van der Waals surface area contributed by atoms with Gasteiger partial charge in [0.1, 0.15) is 5.71 Å². The zero-order chi connectivity index (χ0) is 13.8. The Hall–Kier alpha value is -2.26. The minimum absolute atomic E-state index is 0.0458. The average Bonchev–Trinajstić information content (AvgIpc) is 2.78. The van der Waals surface area contributed by atoms with Gasteiger partial charge in [-0.3, -0.25) is 5.43 Å². The molecule has 7 nitrogen and oxygen atoms in total. The Labute approximate surface area is 118 Å². The lowest BCUT2D eigenvalue weighted by Gasteiger charge is -2.06. The Bertz CT molecular complexity index is 634. The topological polar surface area (TPSA) is 128 Å². The molecule has 0 aliphatic carbocycles. The number of anilines is 2. The number of aromatic nitrogens is 2. The van der Waals surface area contributed by atoms with Gasteiger partial charge in [0, 0.05) is 11.3 Å². The third-order valence-corrected chi connectivity index (χ3v) is 2.99. The smallest absolute Gasteiger partial charge is 0.203 e. The molecule has 19 heavy (non-hydrogen) atoms. The van der Waals surface area contributed by atoms with E-state index in [4.69, 9.17) is 29.4 Å². The fraction of sp³-hybridized carbons (Fsp3) is 0. The molecule has 0 saturated heterocycles. The van der Waals surface area contributed by atoms with Gasteiger partial charge in [-0.2, -0.15) is 5.10 Å². The first kappa shape index (κ1) is 13.2. The average molecular weight is 293 g/mol. The number of hydrazone groups is 1. The first-order chi connectivity index (χ1) is 9.08. The van der Waals surface area contributed by atoms with Crippen LogP contribution in [0, 0.1) is 0 Å². The number of hydrogen-bond acceptors (Lipinski definition) is 7. The molecule has 0 unspecified atom stereocenters. The van der Waals surface area contributed by atoms with E-state index < -0.39 is 0 Å². The highest BCUT2D eigenvalue weighted by molar-refractivity contribution is 7.80. The molecule has 9 heteroatoms. The van der Waals surface area contributed by atoms with Gasteiger partial charge in [0.15, 0.2) is 10.1 Å². The van der Waals surface area contributed by atoms with Gasteiger partial charge in [0.2, 0.25) is 5.13 Å². The molecule has 0 aliphatic rings. The van der Waals surface area contributed by atoms with Gasteiger partial charge in [-0.1, -0.05) is 29.5 Å². The number of nitrogens with one attached hydrogen (secondary N) is 1. The summed E-state index contributed by atoms with van der Waals surface area (Å²) in [7, 11) is 0. The summed E-state index contributed by atoms with van der Waals surface area (Å²) < 4.78 is 0. The molecule has 0 amide bonds. The second kappa shape index (κ2) is 5.59. The maximum Gasteiger partial charge on any atom is 0.203 e. The molecular weight excluding hydrogens is 282 g/mol. The van der Waals surface area contributed by atoms with Crippen LogP contribution < -0.4 is 22.6 Å². The summed E-state index contributed by atoms with van der Waals surface area (Å²) in [6.07, 6.45) is 0. The van der Waals surface area contributed by atoms with Crippen LogP contribution in [0.2, 0.25) is 0 Å². The maximum absolute atomic E-state index is 5.92. The van der Waals surface area contributed by atoms with Crippen molar-refractivity contribution in [1.82, 2.24) is 15.6 Å². The van der Waals surface area contributed by atoms with Crippen molar-refractivity contribution >= 4 is 45.2 Å². The highest BCUT2D eigenvalue weighted by atomic mass is 32.1. The number of benzene rings is 1. The first-order valence-corrected chi connectivity index (χ1v) is 6.37. The molecule has 0 radical (unpaired) electrons. The van der Waals surface area contributed by atoms with Crippen LogP contribution in [-0.2, 0) is 0 Å². The van der Waals surface area contributed by atoms with E-state index in [-0.39, 0.29) is 5.11 Å². The van der Waals surface area contributed by atoms with Gasteiger partial charge < -0.3 is 17.2 Å². The summed E-state index contributed by atoms with van der Waals surface area (Å²) >= 11 is 5.92. The van der Waals surface area contributed by atoms with E-state index in [0.717, 1.165) is 0 Å². The van der Waals surface area contributed by atoms with E-state index in [1.807, 2.05) is 18.2 Å². The zero-order valence-corrected chi connectivity index (χ0v) is 11.3. The summed E-state index contributed by atoms with van der Waals surface area (Å²) in [6.45, 7) is 0. The van der Waals surface area contributed by atoms with E-state index in [0.29, 0.717) is 27.1 Å². The van der Waals surface area contributed by atoms with Crippen molar-refractivity contribution in [2.24, 2.45) is 10.8 Å². The van der Waals surface area contributed by atoms with Crippen molar-refractivity contribution in [2.45, 2.75) is 0 Å². The summed E-state index contributed by atoms with van der Waals surface area (Å²) in [4.78, 5) is 0. The van der Waals surface area contributed by atoms with Crippen LogP contribution in [0.5, 0.6) is 0 Å². The van der Waals surface area contributed by atoms with Gasteiger partial charge in [-0.15, -0.1) is 10.2 Å². The molecule has 2 rings (SSSR count). The number of nitrogens with two attached hydrogens (primary N) is 3. The summed E-state index contributed by atoms with van der Waals surface area (Å²) in [5.41, 5.74) is 21.1. The molecule has 0 saturated carbocycles. The lowest BCUT2D eigenvalue weighted by molar-refractivity contribution is 1.02. The van der Waals surface area contributed by atoms with Gasteiger partial charge >= 0.3 is 0 Å². The fourth-order valence-corrected chi connectivity index (χ4v) is 2.04. The molecule has 0 atom stereocenters. The first-order valence-electron chi connectivity index (χ1n) is 5.15. The number of rotatable bonds is 3. The molecular formula is C10H11N7S2. The molecule has 0 bridgehead atoms. The molecule has 0 spiro atoms. The molecule has 98 valence electrons. The van der Waals surface area contributed by atoms with Crippen molar-refractivity contribution in [3.8, 4) is 0 Å². The summed E-state index contributed by atoms with van der Waals surface area (Å²) in [5, 5.41) is 12.7. The van der Waals surface area contributed by atoms with Crippen LogP contribution in [-0.4, -0.2) is 21.0 Å². The highest BCUT2D eigenvalue weighted by Crippen LogP contribution is 2.20. The Kier molecular flexibility index (Phi) is 3.88. The molecule has 1 heterocycles. The number of thiocarbonyl (C=S) groups is 1. The number of nitrogens with zero attached hydrogens (tertiary/aromatic N) is 3. The number of hydrogen-bond donors (Lipinski definition) is 4.